The van der Waals surface area contributed by atoms with Gasteiger partial charge < -0.3 is 10.1 Å². The van der Waals surface area contributed by atoms with Crippen molar-refractivity contribution in [2.45, 2.75) is 31.4 Å². The largest absolute Gasteiger partial charge is 0.495 e. The molecule has 2 aromatic rings. The van der Waals surface area contributed by atoms with Crippen LogP contribution in [-0.4, -0.2) is 40.8 Å². The van der Waals surface area contributed by atoms with E-state index in [1.54, 1.807) is 24.1 Å². The van der Waals surface area contributed by atoms with Crippen LogP contribution >= 0.6 is 11.8 Å². The molecular formula is C22H25N3O3S. The second-order valence-corrected chi connectivity index (χ2v) is 7.80. The van der Waals surface area contributed by atoms with Gasteiger partial charge in [0.2, 0.25) is 11.8 Å². The SMILES string of the molecule is CCCCN1C(=O)[C@H](CC(=O)Nc2ccccc2OC)SC1=Nc1ccccc1. The number of carbonyl (C=O) groups excluding carboxylic acids is 2. The van der Waals surface area contributed by atoms with Gasteiger partial charge in [-0.2, -0.15) is 0 Å². The Morgan fingerprint density at radius 3 is 2.62 bits per heavy atom. The minimum Gasteiger partial charge on any atom is -0.495 e. The number of thioether (sulfide) groups is 1. The van der Waals surface area contributed by atoms with Crippen LogP contribution in [0.4, 0.5) is 11.4 Å². The molecule has 152 valence electrons. The lowest BCUT2D eigenvalue weighted by atomic mass is 10.2. The van der Waals surface area contributed by atoms with Crippen molar-refractivity contribution < 1.29 is 14.3 Å². The van der Waals surface area contributed by atoms with Gasteiger partial charge in [-0.15, -0.1) is 0 Å². The number of methoxy groups -OCH3 is 1. The number of benzene rings is 2. The standard InChI is InChI=1S/C22H25N3O3S/c1-3-4-14-25-21(27)19(29-22(25)23-16-10-6-5-7-11-16)15-20(26)24-17-12-8-9-13-18(17)28-2/h5-13,19H,3-4,14-15H2,1-2H3,(H,24,26)/t19-/m0/s1. The molecule has 29 heavy (non-hydrogen) atoms. The first-order chi connectivity index (χ1) is 14.1. The number of carbonyl (C=O) groups is 2. The van der Waals surface area contributed by atoms with Crippen LogP contribution in [0.2, 0.25) is 0 Å². The highest BCUT2D eigenvalue weighted by atomic mass is 32.2. The van der Waals surface area contributed by atoms with Crippen molar-refractivity contribution in [3.8, 4) is 5.75 Å². The van der Waals surface area contributed by atoms with Gasteiger partial charge in [-0.05, 0) is 30.7 Å². The number of unbranched alkanes of at least 4 members (excludes halogenated alkanes) is 1. The average molecular weight is 412 g/mol. The number of nitrogens with one attached hydrogen (secondary N) is 1. The number of ether oxygens (including phenoxy) is 1. The fourth-order valence-electron chi connectivity index (χ4n) is 2.98. The van der Waals surface area contributed by atoms with Gasteiger partial charge in [-0.1, -0.05) is 55.4 Å². The molecule has 0 saturated carbocycles. The highest BCUT2D eigenvalue weighted by Crippen LogP contribution is 2.32. The normalized spacial score (nSPS) is 17.6. The fraction of sp³-hybridized carbons (Fsp3) is 0.318. The Labute approximate surface area is 175 Å². The second kappa shape index (κ2) is 10.1. The third kappa shape index (κ3) is 5.38. The van der Waals surface area contributed by atoms with Gasteiger partial charge in [0.05, 0.1) is 18.5 Å². The van der Waals surface area contributed by atoms with Gasteiger partial charge in [0.1, 0.15) is 11.0 Å². The van der Waals surface area contributed by atoms with Crippen LogP contribution in [0.3, 0.4) is 0 Å². The van der Waals surface area contributed by atoms with Crippen LogP contribution in [0, 0.1) is 0 Å². The first kappa shape index (κ1) is 20.9. The maximum absolute atomic E-state index is 12.9. The predicted octanol–water partition coefficient (Wildman–Crippen LogP) is 4.46. The molecule has 1 aliphatic heterocycles. The lowest BCUT2D eigenvalue weighted by molar-refractivity contribution is -0.128. The highest BCUT2D eigenvalue weighted by Gasteiger charge is 2.38. The van der Waals surface area contributed by atoms with Gasteiger partial charge in [0.25, 0.3) is 0 Å². The first-order valence-electron chi connectivity index (χ1n) is 9.67. The van der Waals surface area contributed by atoms with E-state index in [4.69, 9.17) is 4.74 Å². The fourth-order valence-corrected chi connectivity index (χ4v) is 4.16. The van der Waals surface area contributed by atoms with Crippen LogP contribution in [0.1, 0.15) is 26.2 Å². The zero-order valence-electron chi connectivity index (χ0n) is 16.6. The first-order valence-corrected chi connectivity index (χ1v) is 10.5. The monoisotopic (exact) mass is 411 g/mol. The number of para-hydroxylation sites is 3. The molecule has 0 aliphatic carbocycles. The second-order valence-electron chi connectivity index (χ2n) is 6.63. The summed E-state index contributed by atoms with van der Waals surface area (Å²) in [6.07, 6.45) is 1.95. The summed E-state index contributed by atoms with van der Waals surface area (Å²) in [5.74, 6) is 0.298. The summed E-state index contributed by atoms with van der Waals surface area (Å²) >= 11 is 1.36. The van der Waals surface area contributed by atoms with Crippen molar-refractivity contribution in [2.75, 3.05) is 19.0 Å². The quantitative estimate of drug-likeness (QED) is 0.696. The Morgan fingerprint density at radius 1 is 1.17 bits per heavy atom. The van der Waals surface area contributed by atoms with Crippen molar-refractivity contribution in [3.63, 3.8) is 0 Å². The molecule has 1 aliphatic rings. The molecule has 7 heteroatoms. The summed E-state index contributed by atoms with van der Waals surface area (Å²) in [5.41, 5.74) is 1.39. The van der Waals surface area contributed by atoms with Crippen molar-refractivity contribution in [3.05, 3.63) is 54.6 Å². The predicted molar refractivity (Wildman–Crippen MR) is 118 cm³/mol. The average Bonchev–Trinajstić information content (AvgIpc) is 3.01. The van der Waals surface area contributed by atoms with E-state index in [1.165, 1.54) is 11.8 Å². The van der Waals surface area contributed by atoms with Gasteiger partial charge >= 0.3 is 0 Å². The number of aliphatic imine (C=N–C) groups is 1. The number of nitrogens with zero attached hydrogens (tertiary/aromatic N) is 2. The Balaban J connectivity index is 1.73. The molecule has 0 spiro atoms. The maximum Gasteiger partial charge on any atom is 0.242 e. The molecule has 0 aromatic heterocycles. The zero-order valence-corrected chi connectivity index (χ0v) is 17.4. The Bertz CT molecular complexity index is 886. The highest BCUT2D eigenvalue weighted by molar-refractivity contribution is 8.15. The molecule has 1 heterocycles. The van der Waals surface area contributed by atoms with E-state index in [2.05, 4.69) is 17.2 Å². The minimum absolute atomic E-state index is 0.0618. The summed E-state index contributed by atoms with van der Waals surface area (Å²) in [6.45, 7) is 2.69. The van der Waals surface area contributed by atoms with Crippen LogP contribution < -0.4 is 10.1 Å². The molecular weight excluding hydrogens is 386 g/mol. The Morgan fingerprint density at radius 2 is 1.90 bits per heavy atom. The lowest BCUT2D eigenvalue weighted by Gasteiger charge is -2.16. The third-order valence-corrected chi connectivity index (χ3v) is 5.66. The summed E-state index contributed by atoms with van der Waals surface area (Å²) in [7, 11) is 1.55. The van der Waals surface area contributed by atoms with Gasteiger partial charge in [-0.3, -0.25) is 14.5 Å². The van der Waals surface area contributed by atoms with Gasteiger partial charge in [0, 0.05) is 13.0 Å². The van der Waals surface area contributed by atoms with E-state index in [0.717, 1.165) is 18.5 Å². The van der Waals surface area contributed by atoms with E-state index in [0.29, 0.717) is 23.1 Å². The number of hydrogen-bond donors (Lipinski definition) is 1. The van der Waals surface area contributed by atoms with Crippen molar-refractivity contribution >= 4 is 40.1 Å². The summed E-state index contributed by atoms with van der Waals surface area (Å²) in [4.78, 5) is 31.9. The number of hydrogen-bond acceptors (Lipinski definition) is 5. The topological polar surface area (TPSA) is 71.0 Å². The summed E-state index contributed by atoms with van der Waals surface area (Å²) in [5, 5.41) is 3.02. The van der Waals surface area contributed by atoms with Crippen LogP contribution in [0.25, 0.3) is 0 Å². The summed E-state index contributed by atoms with van der Waals surface area (Å²) in [6, 6.07) is 16.8. The van der Waals surface area contributed by atoms with E-state index in [1.807, 2.05) is 42.5 Å². The Hall–Kier alpha value is -2.80. The molecule has 0 bridgehead atoms. The molecule has 1 saturated heterocycles. The van der Waals surface area contributed by atoms with Gasteiger partial charge in [0.15, 0.2) is 5.17 Å². The van der Waals surface area contributed by atoms with Crippen LogP contribution in [0.15, 0.2) is 59.6 Å². The molecule has 1 N–H and O–H groups in total. The third-order valence-electron chi connectivity index (χ3n) is 4.49. The molecule has 3 rings (SSSR count). The van der Waals surface area contributed by atoms with E-state index in [-0.39, 0.29) is 18.2 Å². The molecule has 6 nitrogen and oxygen atoms in total. The molecule has 0 radical (unpaired) electrons. The minimum atomic E-state index is -0.482. The summed E-state index contributed by atoms with van der Waals surface area (Å²) < 4.78 is 5.27. The maximum atomic E-state index is 12.9. The van der Waals surface area contributed by atoms with Crippen molar-refractivity contribution in [1.82, 2.24) is 4.90 Å². The number of anilines is 1. The zero-order chi connectivity index (χ0) is 20.6. The van der Waals surface area contributed by atoms with E-state index in [9.17, 15) is 9.59 Å². The van der Waals surface area contributed by atoms with Crippen molar-refractivity contribution in [1.29, 1.82) is 0 Å². The molecule has 0 unspecified atom stereocenters. The number of rotatable bonds is 8. The van der Waals surface area contributed by atoms with E-state index < -0.39 is 5.25 Å². The van der Waals surface area contributed by atoms with Crippen LogP contribution in [-0.2, 0) is 9.59 Å². The van der Waals surface area contributed by atoms with Crippen LogP contribution in [0.5, 0.6) is 5.75 Å². The Kier molecular flexibility index (Phi) is 7.30. The lowest BCUT2D eigenvalue weighted by Crippen LogP contribution is -2.34. The van der Waals surface area contributed by atoms with Crippen molar-refractivity contribution in [2.24, 2.45) is 4.99 Å². The van der Waals surface area contributed by atoms with Gasteiger partial charge in [-0.25, -0.2) is 4.99 Å². The molecule has 2 aromatic carbocycles. The number of amides is 2. The number of amidine groups is 1. The molecule has 1 atom stereocenters. The van der Waals surface area contributed by atoms with E-state index >= 15 is 0 Å². The molecule has 2 amide bonds. The molecule has 1 fully saturated rings. The smallest absolute Gasteiger partial charge is 0.242 e.